The molecule has 0 heterocycles. The topological polar surface area (TPSA) is 44.8 Å². The molecular weight excluding hydrogens is 196 g/mol. The summed E-state index contributed by atoms with van der Waals surface area (Å²) in [5.41, 5.74) is 0.559. The van der Waals surface area contributed by atoms with Gasteiger partial charge >= 0.3 is 0 Å². The van der Waals surface area contributed by atoms with Gasteiger partial charge in [-0.3, -0.25) is 4.79 Å². The first-order valence-electron chi connectivity index (χ1n) is 4.65. The van der Waals surface area contributed by atoms with Crippen LogP contribution in [0.3, 0.4) is 0 Å². The number of carbonyl (C=O) groups is 1. The second kappa shape index (κ2) is 6.03. The van der Waals surface area contributed by atoms with Crippen molar-refractivity contribution < 1.29 is 19.0 Å². The van der Waals surface area contributed by atoms with Crippen LogP contribution in [0.15, 0.2) is 18.2 Å². The van der Waals surface area contributed by atoms with Crippen molar-refractivity contribution in [2.75, 3.05) is 20.5 Å². The van der Waals surface area contributed by atoms with Crippen LogP contribution in [0.1, 0.15) is 17.3 Å². The van der Waals surface area contributed by atoms with Gasteiger partial charge in [-0.05, 0) is 25.1 Å². The number of hydrogen-bond acceptors (Lipinski definition) is 4. The largest absolute Gasteiger partial charge is 0.490 e. The third kappa shape index (κ3) is 3.25. The van der Waals surface area contributed by atoms with Crippen molar-refractivity contribution in [3.8, 4) is 11.5 Å². The fourth-order valence-electron chi connectivity index (χ4n) is 1.11. The highest BCUT2D eigenvalue weighted by Gasteiger charge is 2.05. The molecule has 0 aromatic heterocycles. The summed E-state index contributed by atoms with van der Waals surface area (Å²) in [6, 6.07) is 5.00. The molecule has 1 rings (SSSR count). The second-order valence-corrected chi connectivity index (χ2v) is 2.81. The molecule has 0 bridgehead atoms. The normalized spacial score (nSPS) is 9.73. The molecule has 15 heavy (non-hydrogen) atoms. The van der Waals surface area contributed by atoms with Crippen molar-refractivity contribution in [2.24, 2.45) is 0 Å². The van der Waals surface area contributed by atoms with E-state index < -0.39 is 0 Å². The van der Waals surface area contributed by atoms with Gasteiger partial charge in [0.05, 0.1) is 6.61 Å². The Kier molecular flexibility index (Phi) is 4.63. The first-order chi connectivity index (χ1) is 7.31. The van der Waals surface area contributed by atoms with Gasteiger partial charge in [-0.1, -0.05) is 0 Å². The molecule has 1 aromatic carbocycles. The highest BCUT2D eigenvalue weighted by molar-refractivity contribution is 5.76. The van der Waals surface area contributed by atoms with Crippen LogP contribution in [0.2, 0.25) is 0 Å². The molecule has 0 aliphatic heterocycles. The number of methoxy groups -OCH3 is 1. The molecule has 1 aromatic rings. The van der Waals surface area contributed by atoms with E-state index in [1.165, 1.54) is 0 Å². The molecule has 82 valence electrons. The van der Waals surface area contributed by atoms with Crippen molar-refractivity contribution in [1.29, 1.82) is 0 Å². The van der Waals surface area contributed by atoms with Crippen molar-refractivity contribution in [3.63, 3.8) is 0 Å². The predicted molar refractivity (Wildman–Crippen MR) is 55.5 cm³/mol. The van der Waals surface area contributed by atoms with Gasteiger partial charge in [0.2, 0.25) is 0 Å². The zero-order chi connectivity index (χ0) is 11.1. The lowest BCUT2D eigenvalue weighted by Gasteiger charge is -2.11. The summed E-state index contributed by atoms with van der Waals surface area (Å²) in [5.74, 6) is 1.13. The summed E-state index contributed by atoms with van der Waals surface area (Å²) in [4.78, 5) is 10.6. The van der Waals surface area contributed by atoms with Gasteiger partial charge in [-0.2, -0.15) is 0 Å². The quantitative estimate of drug-likeness (QED) is 0.531. The molecule has 0 saturated heterocycles. The van der Waals surface area contributed by atoms with Crippen LogP contribution in [0, 0.1) is 0 Å². The molecule has 0 radical (unpaired) electrons. The van der Waals surface area contributed by atoms with Gasteiger partial charge in [0, 0.05) is 12.7 Å². The van der Waals surface area contributed by atoms with Crippen molar-refractivity contribution in [1.82, 2.24) is 0 Å². The lowest BCUT2D eigenvalue weighted by molar-refractivity contribution is 0.0487. The minimum absolute atomic E-state index is 0.153. The summed E-state index contributed by atoms with van der Waals surface area (Å²) < 4.78 is 15.4. The smallest absolute Gasteiger partial charge is 0.188 e. The van der Waals surface area contributed by atoms with Gasteiger partial charge in [0.1, 0.15) is 6.29 Å². The predicted octanol–water partition coefficient (Wildman–Crippen LogP) is 1.88. The SMILES string of the molecule is CCOc1cc(C=O)ccc1OCOC. The van der Waals surface area contributed by atoms with Crippen LogP contribution in [0.4, 0.5) is 0 Å². The van der Waals surface area contributed by atoms with Crippen LogP contribution >= 0.6 is 0 Å². The highest BCUT2D eigenvalue weighted by atomic mass is 16.7. The van der Waals surface area contributed by atoms with E-state index in [0.29, 0.717) is 23.7 Å². The summed E-state index contributed by atoms with van der Waals surface area (Å²) in [7, 11) is 1.54. The average molecular weight is 210 g/mol. The number of ether oxygens (including phenoxy) is 3. The van der Waals surface area contributed by atoms with E-state index >= 15 is 0 Å². The van der Waals surface area contributed by atoms with Crippen LogP contribution in [-0.4, -0.2) is 26.8 Å². The minimum Gasteiger partial charge on any atom is -0.490 e. The maximum absolute atomic E-state index is 10.6. The van der Waals surface area contributed by atoms with Crippen LogP contribution in [0.25, 0.3) is 0 Å². The molecule has 0 fully saturated rings. The lowest BCUT2D eigenvalue weighted by Crippen LogP contribution is -2.02. The van der Waals surface area contributed by atoms with Gasteiger partial charge in [0.15, 0.2) is 18.3 Å². The summed E-state index contributed by atoms with van der Waals surface area (Å²) >= 11 is 0. The van der Waals surface area contributed by atoms with Gasteiger partial charge in [0.25, 0.3) is 0 Å². The minimum atomic E-state index is 0.153. The lowest BCUT2D eigenvalue weighted by atomic mass is 10.2. The highest BCUT2D eigenvalue weighted by Crippen LogP contribution is 2.27. The Bertz CT molecular complexity index is 322. The first kappa shape index (κ1) is 11.5. The Morgan fingerprint density at radius 3 is 2.67 bits per heavy atom. The Morgan fingerprint density at radius 1 is 1.27 bits per heavy atom. The Balaban J connectivity index is 2.87. The van der Waals surface area contributed by atoms with E-state index in [2.05, 4.69) is 0 Å². The number of aldehydes is 1. The monoisotopic (exact) mass is 210 g/mol. The van der Waals surface area contributed by atoms with E-state index in [9.17, 15) is 4.79 Å². The van der Waals surface area contributed by atoms with Gasteiger partial charge in [-0.15, -0.1) is 0 Å². The first-order valence-corrected chi connectivity index (χ1v) is 4.65. The summed E-state index contributed by atoms with van der Waals surface area (Å²) in [5, 5.41) is 0. The summed E-state index contributed by atoms with van der Waals surface area (Å²) in [6.45, 7) is 2.54. The number of hydrogen-bond donors (Lipinski definition) is 0. The fourth-order valence-corrected chi connectivity index (χ4v) is 1.11. The Labute approximate surface area is 88.8 Å². The van der Waals surface area contributed by atoms with Crippen LogP contribution < -0.4 is 9.47 Å². The van der Waals surface area contributed by atoms with Crippen LogP contribution in [-0.2, 0) is 4.74 Å². The van der Waals surface area contributed by atoms with Gasteiger partial charge < -0.3 is 14.2 Å². The summed E-state index contributed by atoms with van der Waals surface area (Å²) in [6.07, 6.45) is 0.766. The number of carbonyl (C=O) groups excluding carboxylic acids is 1. The van der Waals surface area contributed by atoms with Crippen LogP contribution in [0.5, 0.6) is 11.5 Å². The standard InChI is InChI=1S/C11H14O4/c1-3-14-11-6-9(7-12)4-5-10(11)15-8-13-2/h4-7H,3,8H2,1-2H3. The Morgan fingerprint density at radius 2 is 2.07 bits per heavy atom. The maximum Gasteiger partial charge on any atom is 0.188 e. The van der Waals surface area contributed by atoms with E-state index in [1.807, 2.05) is 6.92 Å². The number of rotatable bonds is 6. The molecule has 0 unspecified atom stereocenters. The van der Waals surface area contributed by atoms with E-state index in [1.54, 1.807) is 25.3 Å². The molecule has 0 aliphatic rings. The number of benzene rings is 1. The zero-order valence-electron chi connectivity index (χ0n) is 8.86. The van der Waals surface area contributed by atoms with E-state index in [0.717, 1.165) is 6.29 Å². The average Bonchev–Trinajstić information content (AvgIpc) is 2.27. The molecule has 0 saturated carbocycles. The molecule has 0 aliphatic carbocycles. The zero-order valence-corrected chi connectivity index (χ0v) is 8.86. The third-order valence-electron chi connectivity index (χ3n) is 1.74. The molecular formula is C11H14O4. The fraction of sp³-hybridized carbons (Fsp3) is 0.364. The second-order valence-electron chi connectivity index (χ2n) is 2.81. The van der Waals surface area contributed by atoms with Gasteiger partial charge in [-0.25, -0.2) is 0 Å². The molecule has 0 atom stereocenters. The van der Waals surface area contributed by atoms with Crippen molar-refractivity contribution >= 4 is 6.29 Å². The van der Waals surface area contributed by atoms with Crippen molar-refractivity contribution in [3.05, 3.63) is 23.8 Å². The molecule has 0 spiro atoms. The Hall–Kier alpha value is -1.55. The van der Waals surface area contributed by atoms with Crippen molar-refractivity contribution in [2.45, 2.75) is 6.92 Å². The molecule has 0 N–H and O–H groups in total. The van der Waals surface area contributed by atoms with E-state index in [4.69, 9.17) is 14.2 Å². The maximum atomic E-state index is 10.6. The molecule has 4 heteroatoms. The molecule has 0 amide bonds. The van der Waals surface area contributed by atoms with E-state index in [-0.39, 0.29) is 6.79 Å². The third-order valence-corrected chi connectivity index (χ3v) is 1.74. The molecule has 4 nitrogen and oxygen atoms in total.